The molecule has 0 bridgehead atoms. The van der Waals surface area contributed by atoms with Gasteiger partial charge in [0.1, 0.15) is 17.8 Å². The zero-order valence-electron chi connectivity index (χ0n) is 14.6. The molecule has 1 aliphatic carbocycles. The van der Waals surface area contributed by atoms with Crippen molar-refractivity contribution < 1.29 is 4.79 Å². The molecule has 0 saturated heterocycles. The third kappa shape index (κ3) is 5.14. The van der Waals surface area contributed by atoms with Gasteiger partial charge in [0, 0.05) is 18.3 Å². The van der Waals surface area contributed by atoms with Gasteiger partial charge >= 0.3 is 0 Å². The lowest BCUT2D eigenvalue weighted by Crippen LogP contribution is -2.26. The van der Waals surface area contributed by atoms with Gasteiger partial charge in [-0.05, 0) is 51.2 Å². The first-order chi connectivity index (χ1) is 12.2. The van der Waals surface area contributed by atoms with E-state index in [1.165, 1.54) is 36.7 Å². The molecule has 2 N–H and O–H groups in total. The highest BCUT2D eigenvalue weighted by atomic mass is 16.1. The molecular weight excluding hydrogens is 312 g/mol. The van der Waals surface area contributed by atoms with E-state index in [2.05, 4.69) is 26.7 Å². The molecule has 3 rings (SSSR count). The largest absolute Gasteiger partial charge is 0.350 e. The van der Waals surface area contributed by atoms with Crippen molar-refractivity contribution in [3.05, 3.63) is 59.6 Å². The van der Waals surface area contributed by atoms with Crippen LogP contribution in [0.1, 0.15) is 48.2 Å². The molecule has 0 aliphatic heterocycles. The molecule has 1 aliphatic rings. The first kappa shape index (κ1) is 17.1. The number of amides is 1. The van der Waals surface area contributed by atoms with E-state index in [1.807, 2.05) is 31.2 Å². The number of hydrogen-bond donors (Lipinski definition) is 2. The summed E-state index contributed by atoms with van der Waals surface area (Å²) < 4.78 is 0. The molecule has 1 heterocycles. The van der Waals surface area contributed by atoms with Gasteiger partial charge in [-0.3, -0.25) is 4.79 Å². The second-order valence-corrected chi connectivity index (χ2v) is 6.39. The van der Waals surface area contributed by atoms with Gasteiger partial charge < -0.3 is 10.6 Å². The summed E-state index contributed by atoms with van der Waals surface area (Å²) in [6.45, 7) is 2.69. The highest BCUT2D eigenvalue weighted by Crippen LogP contribution is 2.19. The van der Waals surface area contributed by atoms with E-state index in [1.54, 1.807) is 6.07 Å². The average Bonchev–Trinajstić information content (AvgIpc) is 2.65. The summed E-state index contributed by atoms with van der Waals surface area (Å²) >= 11 is 0. The summed E-state index contributed by atoms with van der Waals surface area (Å²) in [6, 6.07) is 9.69. The fourth-order valence-corrected chi connectivity index (χ4v) is 2.89. The molecular formula is C20H24N4O. The number of benzene rings is 1. The molecule has 130 valence electrons. The van der Waals surface area contributed by atoms with Crippen LogP contribution in [-0.4, -0.2) is 22.4 Å². The van der Waals surface area contributed by atoms with Crippen molar-refractivity contribution in [1.82, 2.24) is 15.3 Å². The molecule has 1 amide bonds. The summed E-state index contributed by atoms with van der Waals surface area (Å²) in [4.78, 5) is 20.6. The minimum atomic E-state index is -0.161. The Morgan fingerprint density at radius 3 is 2.76 bits per heavy atom. The van der Waals surface area contributed by atoms with Crippen molar-refractivity contribution in [3.63, 3.8) is 0 Å². The lowest BCUT2D eigenvalue weighted by molar-refractivity contribution is 0.0949. The first-order valence-electron chi connectivity index (χ1n) is 8.82. The van der Waals surface area contributed by atoms with E-state index >= 15 is 0 Å². The zero-order chi connectivity index (χ0) is 17.5. The maximum absolute atomic E-state index is 12.3. The Hall–Kier alpha value is -2.69. The molecule has 5 nitrogen and oxygen atoms in total. The van der Waals surface area contributed by atoms with Crippen LogP contribution in [0.25, 0.3) is 0 Å². The quantitative estimate of drug-likeness (QED) is 0.778. The molecule has 25 heavy (non-hydrogen) atoms. The van der Waals surface area contributed by atoms with Crippen molar-refractivity contribution in [2.45, 2.75) is 39.0 Å². The number of nitrogens with one attached hydrogen (secondary N) is 2. The number of nitrogens with zero attached hydrogens (tertiary/aromatic N) is 2. The first-order valence-corrected chi connectivity index (χ1v) is 8.82. The lowest BCUT2D eigenvalue weighted by atomic mass is 9.97. The Labute approximate surface area is 148 Å². The Morgan fingerprint density at radius 1 is 1.16 bits per heavy atom. The summed E-state index contributed by atoms with van der Waals surface area (Å²) in [5, 5.41) is 6.14. The van der Waals surface area contributed by atoms with E-state index < -0.39 is 0 Å². The van der Waals surface area contributed by atoms with Crippen LogP contribution in [-0.2, 0) is 0 Å². The molecule has 2 aromatic rings. The number of aryl methyl sites for hydroxylation is 1. The zero-order valence-corrected chi connectivity index (χ0v) is 14.6. The van der Waals surface area contributed by atoms with Crippen LogP contribution >= 0.6 is 0 Å². The van der Waals surface area contributed by atoms with E-state index in [0.717, 1.165) is 18.5 Å². The summed E-state index contributed by atoms with van der Waals surface area (Å²) in [5.41, 5.74) is 3.96. The highest BCUT2D eigenvalue weighted by Gasteiger charge is 2.09. The van der Waals surface area contributed by atoms with Gasteiger partial charge in [0.15, 0.2) is 0 Å². The van der Waals surface area contributed by atoms with Crippen molar-refractivity contribution in [2.75, 3.05) is 11.9 Å². The normalized spacial score (nSPS) is 13.9. The maximum Gasteiger partial charge on any atom is 0.270 e. The van der Waals surface area contributed by atoms with Crippen molar-refractivity contribution >= 4 is 17.4 Å². The molecule has 0 saturated carbocycles. The number of hydrogen-bond acceptors (Lipinski definition) is 4. The SMILES string of the molecule is Cc1ccc(Nc2cc(C(=O)NCCC3=CCCCC3)ncn2)cc1. The van der Waals surface area contributed by atoms with Gasteiger partial charge in [-0.15, -0.1) is 0 Å². The molecule has 0 spiro atoms. The fraction of sp³-hybridized carbons (Fsp3) is 0.350. The van der Waals surface area contributed by atoms with Crippen LogP contribution in [0.3, 0.4) is 0 Å². The minimum Gasteiger partial charge on any atom is -0.350 e. The van der Waals surface area contributed by atoms with Crippen LogP contribution < -0.4 is 10.6 Å². The third-order valence-electron chi connectivity index (χ3n) is 4.34. The number of aromatic nitrogens is 2. The van der Waals surface area contributed by atoms with E-state index in [0.29, 0.717) is 18.1 Å². The summed E-state index contributed by atoms with van der Waals surface area (Å²) in [7, 11) is 0. The van der Waals surface area contributed by atoms with Crippen molar-refractivity contribution in [2.24, 2.45) is 0 Å². The number of anilines is 2. The van der Waals surface area contributed by atoms with Crippen LogP contribution in [0.5, 0.6) is 0 Å². The number of carbonyl (C=O) groups is 1. The molecule has 0 atom stereocenters. The fourth-order valence-electron chi connectivity index (χ4n) is 2.89. The molecule has 1 aromatic carbocycles. The van der Waals surface area contributed by atoms with Gasteiger partial charge in [-0.1, -0.05) is 29.3 Å². The highest BCUT2D eigenvalue weighted by molar-refractivity contribution is 5.92. The number of carbonyl (C=O) groups excluding carboxylic acids is 1. The molecule has 0 fully saturated rings. The Bertz CT molecular complexity index is 753. The third-order valence-corrected chi connectivity index (χ3v) is 4.34. The smallest absolute Gasteiger partial charge is 0.270 e. The second-order valence-electron chi connectivity index (χ2n) is 6.39. The van der Waals surface area contributed by atoms with E-state index in [9.17, 15) is 4.79 Å². The predicted octanol–water partition coefficient (Wildman–Crippen LogP) is 4.15. The standard InChI is InChI=1S/C20H24N4O/c1-15-7-9-17(10-8-15)24-19-13-18(22-14-23-19)20(25)21-12-11-16-5-3-2-4-6-16/h5,7-10,13-14H,2-4,6,11-12H2,1H3,(H,21,25)(H,22,23,24). The van der Waals surface area contributed by atoms with E-state index in [-0.39, 0.29) is 5.91 Å². The van der Waals surface area contributed by atoms with E-state index in [4.69, 9.17) is 0 Å². The lowest BCUT2D eigenvalue weighted by Gasteiger charge is -2.13. The van der Waals surface area contributed by atoms with Gasteiger partial charge in [0.2, 0.25) is 0 Å². The van der Waals surface area contributed by atoms with Crippen LogP contribution in [0.2, 0.25) is 0 Å². The minimum absolute atomic E-state index is 0.161. The maximum atomic E-state index is 12.3. The van der Waals surface area contributed by atoms with Crippen LogP contribution in [0.4, 0.5) is 11.5 Å². The van der Waals surface area contributed by atoms with Crippen LogP contribution in [0.15, 0.2) is 48.3 Å². The summed E-state index contributed by atoms with van der Waals surface area (Å²) in [6.07, 6.45) is 9.52. The van der Waals surface area contributed by atoms with Crippen molar-refractivity contribution in [1.29, 1.82) is 0 Å². The topological polar surface area (TPSA) is 66.9 Å². The van der Waals surface area contributed by atoms with Gasteiger partial charge in [-0.2, -0.15) is 0 Å². The monoisotopic (exact) mass is 336 g/mol. The average molecular weight is 336 g/mol. The van der Waals surface area contributed by atoms with Crippen molar-refractivity contribution in [3.8, 4) is 0 Å². The molecule has 0 unspecified atom stereocenters. The Balaban J connectivity index is 1.55. The Morgan fingerprint density at radius 2 is 2.00 bits per heavy atom. The molecule has 5 heteroatoms. The van der Waals surface area contributed by atoms with Gasteiger partial charge in [0.25, 0.3) is 5.91 Å². The molecule has 1 aromatic heterocycles. The molecule has 0 radical (unpaired) electrons. The number of rotatable bonds is 6. The predicted molar refractivity (Wildman–Crippen MR) is 100.0 cm³/mol. The van der Waals surface area contributed by atoms with Gasteiger partial charge in [0.05, 0.1) is 0 Å². The second kappa shape index (κ2) is 8.42. The van der Waals surface area contributed by atoms with Gasteiger partial charge in [-0.25, -0.2) is 9.97 Å². The Kier molecular flexibility index (Phi) is 5.77. The summed E-state index contributed by atoms with van der Waals surface area (Å²) in [5.74, 6) is 0.449. The number of allylic oxidation sites excluding steroid dienone is 1. The van der Waals surface area contributed by atoms with Crippen LogP contribution in [0, 0.1) is 6.92 Å².